The van der Waals surface area contributed by atoms with Gasteiger partial charge in [0.2, 0.25) is 11.9 Å². The van der Waals surface area contributed by atoms with Crippen molar-refractivity contribution < 1.29 is 13.9 Å². The molecule has 1 amide bonds. The number of imidazole rings is 1. The lowest BCUT2D eigenvalue weighted by atomic mass is 9.88. The monoisotopic (exact) mass is 474 g/mol. The van der Waals surface area contributed by atoms with Crippen molar-refractivity contribution in [3.63, 3.8) is 0 Å². The smallest absolute Gasteiger partial charge is 0.247 e. The van der Waals surface area contributed by atoms with Crippen LogP contribution in [0.15, 0.2) is 88.5 Å². The minimum absolute atomic E-state index is 0.0428. The maximum absolute atomic E-state index is 14.2. The van der Waals surface area contributed by atoms with E-state index in [0.717, 1.165) is 11.0 Å². The molecule has 3 heterocycles. The van der Waals surface area contributed by atoms with Gasteiger partial charge in [0.25, 0.3) is 0 Å². The summed E-state index contributed by atoms with van der Waals surface area (Å²) in [6.45, 7) is 2.89. The van der Waals surface area contributed by atoms with E-state index in [1.807, 2.05) is 66.1 Å². The number of rotatable bonds is 3. The normalized spacial score (nSPS) is 23.1. The summed E-state index contributed by atoms with van der Waals surface area (Å²) in [7, 11) is 1.84. The van der Waals surface area contributed by atoms with Crippen molar-refractivity contribution in [2.45, 2.75) is 13.3 Å². The molecule has 1 aromatic carbocycles. The topological polar surface area (TPSA) is 75.3 Å². The average Bonchev–Trinajstić information content (AvgIpc) is 3.05. The molecule has 2 bridgehead atoms. The third-order valence-corrected chi connectivity index (χ3v) is 6.29. The first-order chi connectivity index (χ1) is 17.0. The number of halogens is 1. The van der Waals surface area contributed by atoms with E-state index in [1.54, 1.807) is 23.5 Å². The fourth-order valence-electron chi connectivity index (χ4n) is 4.54. The molecule has 180 valence electrons. The standard InChI is InChI=1S/C26H27FN6O2/c1-3-28-26(33-17-29-21-9-4-5-10-22(21)33)30-24-15-31(2)16-25(34)32(24)14-19-11-12-35-23-13-18(19)7-6-8-20(23)27/h3-10,13,15,17-19H,11-12,14,16H2,1-2H3/b28-3-,30-26+/t18?,19-/m0/s1. The summed E-state index contributed by atoms with van der Waals surface area (Å²) in [6.07, 6.45) is 12.8. The average molecular weight is 475 g/mol. The Labute approximate surface area is 203 Å². The molecule has 2 atom stereocenters. The molecule has 2 aromatic rings. The Morgan fingerprint density at radius 3 is 3.06 bits per heavy atom. The number of aromatic nitrogens is 2. The number of benzene rings is 1. The highest BCUT2D eigenvalue weighted by Gasteiger charge is 2.32. The van der Waals surface area contributed by atoms with Crippen LogP contribution in [0.25, 0.3) is 11.0 Å². The van der Waals surface area contributed by atoms with Crippen molar-refractivity contribution in [1.29, 1.82) is 0 Å². The molecule has 1 aliphatic carbocycles. The molecule has 3 aliphatic rings. The number of hydrogen-bond acceptors (Lipinski definition) is 5. The van der Waals surface area contributed by atoms with Crippen molar-refractivity contribution in [1.82, 2.24) is 19.4 Å². The molecule has 9 heteroatoms. The Kier molecular flexibility index (Phi) is 6.31. The maximum Gasteiger partial charge on any atom is 0.247 e. The van der Waals surface area contributed by atoms with Crippen molar-refractivity contribution >= 4 is 29.1 Å². The van der Waals surface area contributed by atoms with Crippen molar-refractivity contribution in [3.05, 3.63) is 78.5 Å². The van der Waals surface area contributed by atoms with Gasteiger partial charge in [-0.15, -0.1) is 0 Å². The van der Waals surface area contributed by atoms with E-state index in [1.165, 1.54) is 6.08 Å². The van der Waals surface area contributed by atoms with Crippen LogP contribution < -0.4 is 0 Å². The van der Waals surface area contributed by atoms with Crippen molar-refractivity contribution in [2.75, 3.05) is 26.7 Å². The zero-order chi connectivity index (χ0) is 24.4. The molecular formula is C26H27FN6O2. The van der Waals surface area contributed by atoms with Crippen LogP contribution in [0.5, 0.6) is 0 Å². The van der Waals surface area contributed by atoms with Gasteiger partial charge in [-0.25, -0.2) is 14.4 Å². The number of fused-ring (bicyclic) bond motifs is 2. The molecule has 0 spiro atoms. The summed E-state index contributed by atoms with van der Waals surface area (Å²) in [6, 6.07) is 7.74. The van der Waals surface area contributed by atoms with Gasteiger partial charge in [0.05, 0.1) is 24.2 Å². The van der Waals surface area contributed by atoms with Gasteiger partial charge in [0.1, 0.15) is 6.33 Å². The lowest BCUT2D eigenvalue weighted by Crippen LogP contribution is -2.44. The summed E-state index contributed by atoms with van der Waals surface area (Å²) in [5.74, 6) is 0.736. The van der Waals surface area contributed by atoms with Crippen LogP contribution in [-0.4, -0.2) is 64.2 Å². The quantitative estimate of drug-likeness (QED) is 0.500. The first-order valence-electron chi connectivity index (χ1n) is 11.6. The zero-order valence-corrected chi connectivity index (χ0v) is 19.7. The van der Waals surface area contributed by atoms with Crippen molar-refractivity contribution in [2.24, 2.45) is 21.8 Å². The second kappa shape index (κ2) is 9.69. The molecule has 0 fully saturated rings. The lowest BCUT2D eigenvalue weighted by molar-refractivity contribution is -0.131. The van der Waals surface area contributed by atoms with Gasteiger partial charge in [0, 0.05) is 31.9 Å². The number of carbonyl (C=O) groups is 1. The lowest BCUT2D eigenvalue weighted by Gasteiger charge is -2.34. The number of aliphatic imine (C=N–C) groups is 2. The number of para-hydroxylation sites is 2. The van der Waals surface area contributed by atoms with Crippen LogP contribution in [-0.2, 0) is 9.53 Å². The Bertz CT molecular complexity index is 1320. The van der Waals surface area contributed by atoms with Crippen LogP contribution >= 0.6 is 0 Å². The molecule has 1 aromatic heterocycles. The third-order valence-electron chi connectivity index (χ3n) is 6.29. The van der Waals surface area contributed by atoms with Gasteiger partial charge in [0.15, 0.2) is 17.4 Å². The van der Waals surface area contributed by atoms with E-state index in [0.29, 0.717) is 31.4 Å². The molecule has 0 saturated carbocycles. The number of amides is 1. The van der Waals surface area contributed by atoms with E-state index >= 15 is 0 Å². The number of hydrogen-bond donors (Lipinski definition) is 0. The number of likely N-dealkylation sites (N-methyl/N-ethyl adjacent to an activating group) is 1. The fourth-order valence-corrected chi connectivity index (χ4v) is 4.54. The third kappa shape index (κ3) is 4.66. The molecule has 35 heavy (non-hydrogen) atoms. The van der Waals surface area contributed by atoms with E-state index in [-0.39, 0.29) is 35.9 Å². The largest absolute Gasteiger partial charge is 0.491 e. The Morgan fingerprint density at radius 1 is 1.34 bits per heavy atom. The first kappa shape index (κ1) is 22.8. The Balaban J connectivity index is 1.50. The van der Waals surface area contributed by atoms with Crippen LogP contribution in [0.2, 0.25) is 0 Å². The Morgan fingerprint density at radius 2 is 2.20 bits per heavy atom. The highest BCUT2D eigenvalue weighted by atomic mass is 19.1. The van der Waals surface area contributed by atoms with Gasteiger partial charge in [-0.3, -0.25) is 14.3 Å². The number of carbonyl (C=O) groups excluding carboxylic acids is 1. The number of allylic oxidation sites excluding steroid dienone is 5. The zero-order valence-electron chi connectivity index (χ0n) is 19.7. The second-order valence-corrected chi connectivity index (χ2v) is 8.71. The summed E-state index contributed by atoms with van der Waals surface area (Å²) in [4.78, 5) is 30.5. The number of ether oxygens (including phenoxy) is 1. The molecule has 8 nitrogen and oxygen atoms in total. The molecule has 2 aliphatic heterocycles. The summed E-state index contributed by atoms with van der Waals surface area (Å²) >= 11 is 0. The summed E-state index contributed by atoms with van der Waals surface area (Å²) in [5, 5.41) is 0. The highest BCUT2D eigenvalue weighted by Crippen LogP contribution is 2.32. The predicted octanol–water partition coefficient (Wildman–Crippen LogP) is 3.86. The van der Waals surface area contributed by atoms with E-state index in [9.17, 15) is 9.18 Å². The first-order valence-corrected chi connectivity index (χ1v) is 11.6. The van der Waals surface area contributed by atoms with Gasteiger partial charge < -0.3 is 9.64 Å². The Hall–Kier alpha value is -4.01. The summed E-state index contributed by atoms with van der Waals surface area (Å²) in [5.41, 5.74) is 1.70. The molecule has 0 radical (unpaired) electrons. The van der Waals surface area contributed by atoms with Gasteiger partial charge >= 0.3 is 0 Å². The highest BCUT2D eigenvalue weighted by molar-refractivity contribution is 5.96. The van der Waals surface area contributed by atoms with E-state index in [2.05, 4.69) is 9.98 Å². The van der Waals surface area contributed by atoms with Gasteiger partial charge in [-0.05, 0) is 43.5 Å². The van der Waals surface area contributed by atoms with Crippen molar-refractivity contribution in [3.8, 4) is 0 Å². The number of nitrogens with zero attached hydrogens (tertiary/aromatic N) is 6. The van der Waals surface area contributed by atoms with Crippen LogP contribution in [0.1, 0.15) is 13.3 Å². The fraction of sp³-hybridized carbons (Fsp3) is 0.308. The van der Waals surface area contributed by atoms with Crippen LogP contribution in [0.3, 0.4) is 0 Å². The maximum atomic E-state index is 14.2. The minimum atomic E-state index is -0.375. The molecule has 1 unspecified atom stereocenters. The van der Waals surface area contributed by atoms with Gasteiger partial charge in [-0.2, -0.15) is 4.99 Å². The van der Waals surface area contributed by atoms with Gasteiger partial charge in [-0.1, -0.05) is 24.3 Å². The second-order valence-electron chi connectivity index (χ2n) is 8.71. The SMILES string of the molecule is C/C=N\C(=N/C1=CN(C)CC(=O)N1C[C@@H]1CCOC2=CC1C=CC=C2F)n1cnc2ccccc21. The van der Waals surface area contributed by atoms with Crippen LogP contribution in [0.4, 0.5) is 4.39 Å². The van der Waals surface area contributed by atoms with E-state index < -0.39 is 0 Å². The van der Waals surface area contributed by atoms with E-state index in [4.69, 9.17) is 9.73 Å². The molecular weight excluding hydrogens is 447 g/mol. The van der Waals surface area contributed by atoms with Crippen LogP contribution in [0, 0.1) is 11.8 Å². The molecule has 5 rings (SSSR count). The molecule has 0 saturated heterocycles. The predicted molar refractivity (Wildman–Crippen MR) is 133 cm³/mol. The summed E-state index contributed by atoms with van der Waals surface area (Å²) < 4.78 is 21.7. The minimum Gasteiger partial charge on any atom is -0.491 e. The molecule has 0 N–H and O–H groups in total.